The predicted octanol–water partition coefficient (Wildman–Crippen LogP) is 0.207. The first-order valence-corrected chi connectivity index (χ1v) is 7.76. The first-order valence-electron chi connectivity index (χ1n) is 7.76. The maximum absolute atomic E-state index is 12.9. The number of imidazole rings is 2. The number of ether oxygens (including phenoxy) is 1. The molecule has 0 fully saturated rings. The summed E-state index contributed by atoms with van der Waals surface area (Å²) in [6.45, 7) is 6.12. The number of rotatable bonds is 5. The number of nitrogens with zero attached hydrogens (tertiary/aromatic N) is 5. The molecule has 0 bridgehead atoms. The summed E-state index contributed by atoms with van der Waals surface area (Å²) in [5, 5.41) is 0. The normalized spacial score (nSPS) is 11.3. The molecule has 3 heterocycles. The molecule has 9 heteroatoms. The zero-order valence-corrected chi connectivity index (χ0v) is 14.4. The second kappa shape index (κ2) is 6.08. The summed E-state index contributed by atoms with van der Waals surface area (Å²) in [5.74, 6) is 0.0747. The van der Waals surface area contributed by atoms with Crippen LogP contribution in [-0.4, -0.2) is 36.2 Å². The Labute approximate surface area is 142 Å². The number of methoxy groups -OCH3 is 1. The van der Waals surface area contributed by atoms with E-state index in [1.54, 1.807) is 23.7 Å². The molecule has 3 rings (SSSR count). The fraction of sp³-hybridized carbons (Fsp3) is 0.375. The van der Waals surface area contributed by atoms with Crippen molar-refractivity contribution in [2.45, 2.75) is 26.4 Å². The molecule has 0 unspecified atom stereocenters. The number of aryl methyl sites for hydroxylation is 2. The Morgan fingerprint density at radius 1 is 1.36 bits per heavy atom. The van der Waals surface area contributed by atoms with Crippen molar-refractivity contribution in [1.82, 2.24) is 23.1 Å². The summed E-state index contributed by atoms with van der Waals surface area (Å²) >= 11 is 0. The lowest BCUT2D eigenvalue weighted by Crippen LogP contribution is -2.39. The van der Waals surface area contributed by atoms with E-state index in [2.05, 4.69) is 16.3 Å². The first kappa shape index (κ1) is 16.7. The quantitative estimate of drug-likeness (QED) is 0.487. The van der Waals surface area contributed by atoms with Gasteiger partial charge in [0.2, 0.25) is 5.78 Å². The Bertz CT molecular complexity index is 1110. The summed E-state index contributed by atoms with van der Waals surface area (Å²) in [6, 6.07) is 0. The molecule has 132 valence electrons. The average Bonchev–Trinajstić information content (AvgIpc) is 3.09. The number of fused-ring (bicyclic) bond motifs is 3. The largest absolute Gasteiger partial charge is 0.469 e. The number of carbonyl (C=O) groups is 1. The molecule has 0 radical (unpaired) electrons. The zero-order chi connectivity index (χ0) is 18.3. The van der Waals surface area contributed by atoms with E-state index in [-0.39, 0.29) is 13.0 Å². The average molecular weight is 345 g/mol. The van der Waals surface area contributed by atoms with E-state index < -0.39 is 17.2 Å². The van der Waals surface area contributed by atoms with Crippen molar-refractivity contribution in [2.75, 3.05) is 7.11 Å². The molecule has 0 aliphatic carbocycles. The Balaban J connectivity index is 2.31. The van der Waals surface area contributed by atoms with E-state index in [0.717, 1.165) is 10.3 Å². The highest BCUT2D eigenvalue weighted by atomic mass is 16.5. The van der Waals surface area contributed by atoms with Gasteiger partial charge in [-0.3, -0.25) is 23.1 Å². The molecule has 0 aliphatic heterocycles. The van der Waals surface area contributed by atoms with Crippen LogP contribution in [0.3, 0.4) is 0 Å². The van der Waals surface area contributed by atoms with Crippen LogP contribution < -0.4 is 11.2 Å². The van der Waals surface area contributed by atoms with Crippen LogP contribution in [0.1, 0.15) is 12.1 Å². The van der Waals surface area contributed by atoms with Crippen LogP contribution in [0.25, 0.3) is 16.9 Å². The van der Waals surface area contributed by atoms with Crippen LogP contribution in [0, 0.1) is 6.92 Å². The molecular formula is C16H19N5O4. The van der Waals surface area contributed by atoms with E-state index >= 15 is 0 Å². The van der Waals surface area contributed by atoms with Gasteiger partial charge in [-0.15, -0.1) is 6.58 Å². The maximum Gasteiger partial charge on any atom is 0.332 e. The number of esters is 1. The number of hydrogen-bond acceptors (Lipinski definition) is 5. The summed E-state index contributed by atoms with van der Waals surface area (Å²) in [7, 11) is 2.81. The van der Waals surface area contributed by atoms with E-state index in [1.165, 1.54) is 11.7 Å². The molecule has 9 nitrogen and oxygen atoms in total. The van der Waals surface area contributed by atoms with Crippen molar-refractivity contribution >= 4 is 22.9 Å². The number of hydrogen-bond donors (Lipinski definition) is 0. The first-order chi connectivity index (χ1) is 11.9. The van der Waals surface area contributed by atoms with Crippen LogP contribution in [0.5, 0.6) is 0 Å². The molecule has 3 aromatic rings. The third-order valence-electron chi connectivity index (χ3n) is 4.22. The van der Waals surface area contributed by atoms with Gasteiger partial charge in [0.05, 0.1) is 13.5 Å². The van der Waals surface area contributed by atoms with Gasteiger partial charge in [0.1, 0.15) is 0 Å². The van der Waals surface area contributed by atoms with Gasteiger partial charge in [-0.25, -0.2) is 4.79 Å². The second-order valence-electron chi connectivity index (χ2n) is 5.75. The van der Waals surface area contributed by atoms with Crippen molar-refractivity contribution in [3.63, 3.8) is 0 Å². The Morgan fingerprint density at radius 3 is 2.72 bits per heavy atom. The standard InChI is InChI=1S/C16H19N5O4/c1-5-7-19-10(2)9-21-12-13(17-15(19)21)18(3)16(24)20(14(12)23)8-6-11(22)25-4/h5,9H,1,6-8H2,2-4H3. The molecule has 0 amide bonds. The van der Waals surface area contributed by atoms with Gasteiger partial charge in [-0.2, -0.15) is 4.98 Å². The van der Waals surface area contributed by atoms with Crippen LogP contribution in [0.15, 0.2) is 28.4 Å². The van der Waals surface area contributed by atoms with Crippen molar-refractivity contribution in [3.8, 4) is 0 Å². The van der Waals surface area contributed by atoms with Gasteiger partial charge < -0.3 is 9.30 Å². The van der Waals surface area contributed by atoms with E-state index in [9.17, 15) is 14.4 Å². The van der Waals surface area contributed by atoms with Crippen molar-refractivity contribution in [3.05, 3.63) is 45.4 Å². The predicted molar refractivity (Wildman–Crippen MR) is 91.8 cm³/mol. The molecule has 0 N–H and O–H groups in total. The van der Waals surface area contributed by atoms with Crippen molar-refractivity contribution < 1.29 is 9.53 Å². The molecule has 0 atom stereocenters. The Morgan fingerprint density at radius 2 is 2.08 bits per heavy atom. The highest BCUT2D eigenvalue weighted by Crippen LogP contribution is 2.16. The molecule has 0 aliphatic rings. The smallest absolute Gasteiger partial charge is 0.332 e. The highest BCUT2D eigenvalue weighted by Gasteiger charge is 2.20. The lowest BCUT2D eigenvalue weighted by atomic mass is 10.4. The topological polar surface area (TPSA) is 92.5 Å². The second-order valence-corrected chi connectivity index (χ2v) is 5.75. The number of allylic oxidation sites excluding steroid dienone is 1. The van der Waals surface area contributed by atoms with Gasteiger partial charge in [-0.05, 0) is 6.92 Å². The summed E-state index contributed by atoms with van der Waals surface area (Å²) in [4.78, 5) is 41.2. The fourth-order valence-corrected chi connectivity index (χ4v) is 2.91. The lowest BCUT2D eigenvalue weighted by Gasteiger charge is -2.07. The molecule has 3 aromatic heterocycles. The maximum atomic E-state index is 12.9. The minimum Gasteiger partial charge on any atom is -0.469 e. The van der Waals surface area contributed by atoms with Crippen LogP contribution in [-0.2, 0) is 29.7 Å². The Hall–Kier alpha value is -3.10. The van der Waals surface area contributed by atoms with Gasteiger partial charge in [0.15, 0.2) is 11.2 Å². The molecule has 0 saturated carbocycles. The van der Waals surface area contributed by atoms with E-state index in [0.29, 0.717) is 23.5 Å². The Kier molecular flexibility index (Phi) is 4.07. The highest BCUT2D eigenvalue weighted by molar-refractivity contribution is 5.75. The molecule has 0 aromatic carbocycles. The third kappa shape index (κ3) is 2.48. The van der Waals surface area contributed by atoms with Crippen molar-refractivity contribution in [1.29, 1.82) is 0 Å². The molecular weight excluding hydrogens is 326 g/mol. The fourth-order valence-electron chi connectivity index (χ4n) is 2.91. The minimum atomic E-state index is -0.519. The van der Waals surface area contributed by atoms with E-state index in [4.69, 9.17) is 0 Å². The summed E-state index contributed by atoms with van der Waals surface area (Å²) in [5.41, 5.74) is 0.517. The van der Waals surface area contributed by atoms with Crippen LogP contribution >= 0.6 is 0 Å². The summed E-state index contributed by atoms with van der Waals surface area (Å²) in [6.07, 6.45) is 3.47. The van der Waals surface area contributed by atoms with Crippen LogP contribution in [0.2, 0.25) is 0 Å². The van der Waals surface area contributed by atoms with Gasteiger partial charge in [-0.1, -0.05) is 6.08 Å². The van der Waals surface area contributed by atoms with Gasteiger partial charge >= 0.3 is 11.7 Å². The minimum absolute atomic E-state index is 0.0479. The third-order valence-corrected chi connectivity index (χ3v) is 4.22. The van der Waals surface area contributed by atoms with Gasteiger partial charge in [0.25, 0.3) is 5.56 Å². The number of carbonyl (C=O) groups excluding carboxylic acids is 1. The zero-order valence-electron chi connectivity index (χ0n) is 14.4. The summed E-state index contributed by atoms with van der Waals surface area (Å²) < 4.78 is 10.5. The van der Waals surface area contributed by atoms with E-state index in [1.807, 2.05) is 11.5 Å². The molecule has 25 heavy (non-hydrogen) atoms. The van der Waals surface area contributed by atoms with Gasteiger partial charge in [0, 0.05) is 32.0 Å². The SMILES string of the molecule is C=CCn1c(C)cn2c3c(=O)n(CCC(=O)OC)c(=O)n(C)c3nc12. The van der Waals surface area contributed by atoms with Crippen LogP contribution in [0.4, 0.5) is 0 Å². The van der Waals surface area contributed by atoms with Crippen molar-refractivity contribution in [2.24, 2.45) is 7.05 Å². The monoisotopic (exact) mass is 345 g/mol. The molecule has 0 saturated heterocycles. The molecule has 0 spiro atoms. The lowest BCUT2D eigenvalue weighted by molar-refractivity contribution is -0.140. The number of aromatic nitrogens is 5.